The van der Waals surface area contributed by atoms with Crippen molar-refractivity contribution < 1.29 is 9.90 Å². The van der Waals surface area contributed by atoms with Gasteiger partial charge in [0, 0.05) is 0 Å². The monoisotopic (exact) mass is 230 g/mol. The van der Waals surface area contributed by atoms with Crippen molar-refractivity contribution in [2.75, 3.05) is 0 Å². The number of aryl methyl sites for hydroxylation is 1. The molecule has 0 aromatic heterocycles. The minimum absolute atomic E-state index is 0.581. The van der Waals surface area contributed by atoms with Gasteiger partial charge >= 0.3 is 5.97 Å². The van der Waals surface area contributed by atoms with Crippen LogP contribution in [0.15, 0.2) is 36.9 Å². The molecular weight excluding hydrogens is 212 g/mol. The second-order valence-corrected chi connectivity index (χ2v) is 4.86. The molecule has 2 nitrogen and oxygen atoms in total. The molecule has 17 heavy (non-hydrogen) atoms. The van der Waals surface area contributed by atoms with Gasteiger partial charge in [0.1, 0.15) is 0 Å². The molecule has 0 saturated carbocycles. The van der Waals surface area contributed by atoms with Gasteiger partial charge in [-0.05, 0) is 43.2 Å². The van der Waals surface area contributed by atoms with Gasteiger partial charge in [0.05, 0.1) is 5.41 Å². The van der Waals surface area contributed by atoms with Gasteiger partial charge in [0.2, 0.25) is 0 Å². The lowest BCUT2D eigenvalue weighted by Gasteiger charge is -2.34. The molecule has 2 heteroatoms. The molecule has 0 saturated heterocycles. The maximum absolute atomic E-state index is 11.6. The second kappa shape index (κ2) is 4.74. The maximum atomic E-state index is 11.6. The number of carboxylic acid groups (broad SMARTS) is 1. The van der Waals surface area contributed by atoms with Crippen LogP contribution in [0.1, 0.15) is 30.4 Å². The van der Waals surface area contributed by atoms with Crippen molar-refractivity contribution in [3.05, 3.63) is 48.0 Å². The highest BCUT2D eigenvalue weighted by Gasteiger charge is 2.40. The highest BCUT2D eigenvalue weighted by molar-refractivity contribution is 5.75. The van der Waals surface area contributed by atoms with E-state index in [1.165, 1.54) is 11.1 Å². The first kappa shape index (κ1) is 11.9. The van der Waals surface area contributed by atoms with Crippen LogP contribution in [0.3, 0.4) is 0 Å². The maximum Gasteiger partial charge on any atom is 0.309 e. The zero-order valence-electron chi connectivity index (χ0n) is 9.98. The first-order chi connectivity index (χ1) is 8.18. The van der Waals surface area contributed by atoms with Gasteiger partial charge in [-0.2, -0.15) is 0 Å². The highest BCUT2D eigenvalue weighted by atomic mass is 16.4. The number of carbonyl (C=O) groups is 1. The van der Waals surface area contributed by atoms with Gasteiger partial charge < -0.3 is 5.11 Å². The molecule has 1 aliphatic carbocycles. The second-order valence-electron chi connectivity index (χ2n) is 4.86. The van der Waals surface area contributed by atoms with Gasteiger partial charge in [0.15, 0.2) is 0 Å². The summed E-state index contributed by atoms with van der Waals surface area (Å²) in [7, 11) is 0. The van der Waals surface area contributed by atoms with Crippen molar-refractivity contribution in [2.45, 2.75) is 32.1 Å². The Kier molecular flexibility index (Phi) is 3.32. The van der Waals surface area contributed by atoms with Crippen LogP contribution >= 0.6 is 0 Å². The Balaban J connectivity index is 2.27. The number of fused-ring (bicyclic) bond motifs is 1. The number of hydrogen-bond acceptors (Lipinski definition) is 1. The Bertz CT molecular complexity index is 436. The molecule has 0 fully saturated rings. The predicted molar refractivity (Wildman–Crippen MR) is 68.0 cm³/mol. The quantitative estimate of drug-likeness (QED) is 0.806. The van der Waals surface area contributed by atoms with Gasteiger partial charge in [-0.1, -0.05) is 30.3 Å². The summed E-state index contributed by atoms with van der Waals surface area (Å²) >= 11 is 0. The predicted octanol–water partition coefficient (Wildman–Crippen LogP) is 3.21. The van der Waals surface area contributed by atoms with Crippen molar-refractivity contribution in [1.29, 1.82) is 0 Å². The molecule has 2 rings (SSSR count). The van der Waals surface area contributed by atoms with E-state index in [4.69, 9.17) is 0 Å². The Hall–Kier alpha value is -1.57. The molecule has 0 radical (unpaired) electrons. The molecule has 0 amide bonds. The molecule has 0 bridgehead atoms. The van der Waals surface area contributed by atoms with Crippen LogP contribution in [0.25, 0.3) is 0 Å². The molecule has 0 aliphatic heterocycles. The largest absolute Gasteiger partial charge is 0.481 e. The van der Waals surface area contributed by atoms with E-state index in [9.17, 15) is 9.90 Å². The van der Waals surface area contributed by atoms with E-state index in [1.807, 2.05) is 18.2 Å². The number of hydrogen-bond donors (Lipinski definition) is 1. The van der Waals surface area contributed by atoms with Crippen molar-refractivity contribution in [3.63, 3.8) is 0 Å². The summed E-state index contributed by atoms with van der Waals surface area (Å²) in [6.45, 7) is 3.69. The Morgan fingerprint density at radius 1 is 1.41 bits per heavy atom. The van der Waals surface area contributed by atoms with E-state index < -0.39 is 11.4 Å². The number of aliphatic carboxylic acids is 1. The zero-order chi connectivity index (χ0) is 12.3. The van der Waals surface area contributed by atoms with E-state index in [2.05, 4.69) is 18.7 Å². The number of rotatable bonds is 4. The molecule has 0 heterocycles. The SMILES string of the molecule is C=CCCC1(C(=O)O)CCc2ccccc2C1. The fourth-order valence-electron chi connectivity index (χ4n) is 2.68. The van der Waals surface area contributed by atoms with Crippen LogP contribution in [0.5, 0.6) is 0 Å². The minimum Gasteiger partial charge on any atom is -0.481 e. The van der Waals surface area contributed by atoms with Gasteiger partial charge in [-0.15, -0.1) is 6.58 Å². The summed E-state index contributed by atoms with van der Waals surface area (Å²) in [5.41, 5.74) is 1.93. The Labute approximate surface area is 102 Å². The summed E-state index contributed by atoms with van der Waals surface area (Å²) in [6.07, 6.45) is 5.55. The molecule has 1 aromatic rings. The van der Waals surface area contributed by atoms with Crippen LogP contribution in [0.4, 0.5) is 0 Å². The Morgan fingerprint density at radius 2 is 2.12 bits per heavy atom. The third kappa shape index (κ3) is 2.26. The van der Waals surface area contributed by atoms with E-state index in [1.54, 1.807) is 0 Å². The Morgan fingerprint density at radius 3 is 2.76 bits per heavy atom. The minimum atomic E-state index is -0.658. The van der Waals surface area contributed by atoms with Crippen LogP contribution in [-0.2, 0) is 17.6 Å². The molecule has 0 spiro atoms. The summed E-state index contributed by atoms with van der Waals surface area (Å²) in [5.74, 6) is -0.658. The number of benzene rings is 1. The van der Waals surface area contributed by atoms with Crippen molar-refractivity contribution in [2.24, 2.45) is 5.41 Å². The first-order valence-electron chi connectivity index (χ1n) is 6.09. The third-order valence-electron chi connectivity index (χ3n) is 3.80. The lowest BCUT2D eigenvalue weighted by Crippen LogP contribution is -2.36. The molecule has 1 unspecified atom stereocenters. The summed E-state index contributed by atoms with van der Waals surface area (Å²) in [6, 6.07) is 8.18. The van der Waals surface area contributed by atoms with Gasteiger partial charge in [-0.25, -0.2) is 0 Å². The van der Waals surface area contributed by atoms with Gasteiger partial charge in [0.25, 0.3) is 0 Å². The van der Waals surface area contributed by atoms with E-state index in [0.717, 1.165) is 19.3 Å². The number of carboxylic acids is 1. The normalized spacial score (nSPS) is 22.8. The lowest BCUT2D eigenvalue weighted by molar-refractivity contribution is -0.150. The summed E-state index contributed by atoms with van der Waals surface area (Å²) in [5, 5.41) is 9.51. The smallest absolute Gasteiger partial charge is 0.309 e. The fraction of sp³-hybridized carbons (Fsp3) is 0.400. The molecule has 1 atom stereocenters. The van der Waals surface area contributed by atoms with Crippen LogP contribution in [-0.4, -0.2) is 11.1 Å². The van der Waals surface area contributed by atoms with E-state index >= 15 is 0 Å². The molecular formula is C15H18O2. The molecule has 1 N–H and O–H groups in total. The third-order valence-corrected chi connectivity index (χ3v) is 3.80. The van der Waals surface area contributed by atoms with Crippen molar-refractivity contribution >= 4 is 5.97 Å². The van der Waals surface area contributed by atoms with Crippen LogP contribution in [0.2, 0.25) is 0 Å². The fourth-order valence-corrected chi connectivity index (χ4v) is 2.68. The number of allylic oxidation sites excluding steroid dienone is 1. The van der Waals surface area contributed by atoms with Crippen molar-refractivity contribution in [3.8, 4) is 0 Å². The average molecular weight is 230 g/mol. The van der Waals surface area contributed by atoms with Gasteiger partial charge in [-0.3, -0.25) is 4.79 Å². The lowest BCUT2D eigenvalue weighted by atomic mass is 9.69. The molecule has 1 aliphatic rings. The topological polar surface area (TPSA) is 37.3 Å². The van der Waals surface area contributed by atoms with Crippen molar-refractivity contribution in [1.82, 2.24) is 0 Å². The molecule has 90 valence electrons. The highest BCUT2D eigenvalue weighted by Crippen LogP contribution is 2.39. The molecule has 1 aromatic carbocycles. The summed E-state index contributed by atoms with van der Waals surface area (Å²) in [4.78, 5) is 11.6. The summed E-state index contributed by atoms with van der Waals surface area (Å²) < 4.78 is 0. The first-order valence-corrected chi connectivity index (χ1v) is 6.09. The standard InChI is InChI=1S/C15H18O2/c1-2-3-9-15(14(16)17)10-8-12-6-4-5-7-13(12)11-15/h2,4-7H,1,3,8-11H2,(H,16,17). The van der Waals surface area contributed by atoms with Crippen LogP contribution in [0, 0.1) is 5.41 Å². The van der Waals surface area contributed by atoms with E-state index in [0.29, 0.717) is 12.8 Å². The van der Waals surface area contributed by atoms with Crippen LogP contribution < -0.4 is 0 Å². The average Bonchev–Trinajstić information content (AvgIpc) is 2.36. The zero-order valence-corrected chi connectivity index (χ0v) is 9.98. The van der Waals surface area contributed by atoms with E-state index in [-0.39, 0.29) is 0 Å².